The smallest absolute Gasteiger partial charge is 0.257 e. The summed E-state index contributed by atoms with van der Waals surface area (Å²) in [5.41, 5.74) is 1.75. The van der Waals surface area contributed by atoms with E-state index in [1.54, 1.807) is 0 Å². The molecule has 1 aliphatic carbocycles. The average Bonchev–Trinajstić information content (AvgIpc) is 2.54. The van der Waals surface area contributed by atoms with Crippen LogP contribution < -0.4 is 15.6 Å². The van der Waals surface area contributed by atoms with Gasteiger partial charge in [-0.15, -0.1) is 0 Å². The van der Waals surface area contributed by atoms with Crippen LogP contribution in [0.15, 0.2) is 29.1 Å². The Hall–Kier alpha value is -1.81. The van der Waals surface area contributed by atoms with E-state index in [1.807, 2.05) is 31.2 Å². The van der Waals surface area contributed by atoms with Gasteiger partial charge in [0.2, 0.25) is 0 Å². The molecule has 0 spiro atoms. The number of hydrogen-bond donors (Lipinski definition) is 2. The molecule has 1 saturated carbocycles. The molecule has 3 rings (SSSR count). The first-order chi connectivity index (χ1) is 10.8. The summed E-state index contributed by atoms with van der Waals surface area (Å²) in [5, 5.41) is 3.37. The number of fused-ring (bicyclic) bond motifs is 1. The monoisotopic (exact) mass is 301 g/mol. The fraction of sp³-hybridized carbons (Fsp3) is 0.500. The number of H-pyrrole nitrogens is 1. The lowest BCUT2D eigenvalue weighted by atomic mass is 9.95. The third-order valence-corrected chi connectivity index (χ3v) is 4.52. The predicted octanol–water partition coefficient (Wildman–Crippen LogP) is 2.32. The zero-order valence-corrected chi connectivity index (χ0v) is 13.2. The first kappa shape index (κ1) is 15.1. The molecule has 22 heavy (non-hydrogen) atoms. The standard InChI is InChI=1S/C18H24N2O2/c1-2-22-16-8-9-17-13(11-16)10-14(18(21)20-17)12-19-15-6-4-3-5-7-15/h8-11,15,19H,2-7,12H2,1H3,(H,20,21)/p+1. The van der Waals surface area contributed by atoms with Crippen molar-refractivity contribution in [1.29, 1.82) is 0 Å². The second-order valence-electron chi connectivity index (χ2n) is 6.14. The Balaban J connectivity index is 1.78. The lowest BCUT2D eigenvalue weighted by Gasteiger charge is -2.19. The molecule has 0 bridgehead atoms. The highest BCUT2D eigenvalue weighted by molar-refractivity contribution is 5.80. The molecule has 118 valence electrons. The Morgan fingerprint density at radius 1 is 1.23 bits per heavy atom. The summed E-state index contributed by atoms with van der Waals surface area (Å²) in [4.78, 5) is 15.2. The van der Waals surface area contributed by atoms with Crippen molar-refractivity contribution >= 4 is 10.9 Å². The van der Waals surface area contributed by atoms with Crippen molar-refractivity contribution in [3.05, 3.63) is 40.2 Å². The predicted molar refractivity (Wildman–Crippen MR) is 88.2 cm³/mol. The van der Waals surface area contributed by atoms with E-state index in [9.17, 15) is 4.79 Å². The first-order valence-corrected chi connectivity index (χ1v) is 8.38. The molecule has 1 aromatic heterocycles. The van der Waals surface area contributed by atoms with Crippen LogP contribution in [0.5, 0.6) is 5.75 Å². The minimum absolute atomic E-state index is 0.0312. The van der Waals surface area contributed by atoms with E-state index in [2.05, 4.69) is 10.3 Å². The maximum Gasteiger partial charge on any atom is 0.257 e. The Labute approximate surface area is 130 Å². The number of quaternary nitrogens is 1. The number of nitrogens with one attached hydrogen (secondary N) is 1. The lowest BCUT2D eigenvalue weighted by Crippen LogP contribution is -2.89. The third-order valence-electron chi connectivity index (χ3n) is 4.52. The number of pyridine rings is 1. The lowest BCUT2D eigenvalue weighted by molar-refractivity contribution is -0.706. The van der Waals surface area contributed by atoms with Crippen LogP contribution in [0.3, 0.4) is 0 Å². The van der Waals surface area contributed by atoms with Gasteiger partial charge in [-0.2, -0.15) is 0 Å². The molecule has 0 radical (unpaired) electrons. The van der Waals surface area contributed by atoms with Crippen LogP contribution in [0.25, 0.3) is 10.9 Å². The van der Waals surface area contributed by atoms with E-state index in [0.717, 1.165) is 28.8 Å². The summed E-state index contributed by atoms with van der Waals surface area (Å²) in [6.45, 7) is 3.38. The summed E-state index contributed by atoms with van der Waals surface area (Å²) in [6.07, 6.45) is 6.57. The van der Waals surface area contributed by atoms with Gasteiger partial charge in [0.25, 0.3) is 5.56 Å². The molecule has 4 heteroatoms. The fourth-order valence-corrected chi connectivity index (χ4v) is 3.30. The highest BCUT2D eigenvalue weighted by atomic mass is 16.5. The Morgan fingerprint density at radius 2 is 2.05 bits per heavy atom. The van der Waals surface area contributed by atoms with Crippen molar-refractivity contribution in [2.75, 3.05) is 6.61 Å². The van der Waals surface area contributed by atoms with Crippen molar-refractivity contribution in [3.8, 4) is 5.75 Å². The van der Waals surface area contributed by atoms with Crippen LogP contribution in [0, 0.1) is 0 Å². The molecule has 0 amide bonds. The van der Waals surface area contributed by atoms with Crippen LogP contribution in [-0.2, 0) is 6.54 Å². The molecule has 0 saturated heterocycles. The molecule has 1 aromatic carbocycles. The molecular formula is C18H25N2O2+. The maximum absolute atomic E-state index is 12.2. The summed E-state index contributed by atoms with van der Waals surface area (Å²) < 4.78 is 5.54. The molecule has 1 heterocycles. The molecule has 0 aliphatic heterocycles. The van der Waals surface area contributed by atoms with E-state index in [-0.39, 0.29) is 5.56 Å². The van der Waals surface area contributed by atoms with Gasteiger partial charge in [-0.05, 0) is 56.9 Å². The Bertz CT molecular complexity index is 687. The molecule has 0 unspecified atom stereocenters. The van der Waals surface area contributed by atoms with E-state index >= 15 is 0 Å². The fourth-order valence-electron chi connectivity index (χ4n) is 3.30. The van der Waals surface area contributed by atoms with Crippen molar-refractivity contribution < 1.29 is 10.1 Å². The summed E-state index contributed by atoms with van der Waals surface area (Å²) >= 11 is 0. The van der Waals surface area contributed by atoms with Crippen LogP contribution in [-0.4, -0.2) is 17.6 Å². The number of hydrogen-bond acceptors (Lipinski definition) is 2. The molecule has 0 atom stereocenters. The zero-order chi connectivity index (χ0) is 15.4. The van der Waals surface area contributed by atoms with Gasteiger partial charge in [-0.25, -0.2) is 0 Å². The van der Waals surface area contributed by atoms with Gasteiger partial charge >= 0.3 is 0 Å². The van der Waals surface area contributed by atoms with Gasteiger partial charge in [0.1, 0.15) is 12.3 Å². The Morgan fingerprint density at radius 3 is 2.82 bits per heavy atom. The average molecular weight is 301 g/mol. The quantitative estimate of drug-likeness (QED) is 0.890. The van der Waals surface area contributed by atoms with Crippen LogP contribution in [0.4, 0.5) is 0 Å². The topological polar surface area (TPSA) is 58.7 Å². The summed E-state index contributed by atoms with van der Waals surface area (Å²) in [5.74, 6) is 0.851. The van der Waals surface area contributed by atoms with Gasteiger partial charge in [-0.1, -0.05) is 6.42 Å². The van der Waals surface area contributed by atoms with Gasteiger partial charge in [0.15, 0.2) is 0 Å². The summed E-state index contributed by atoms with van der Waals surface area (Å²) in [7, 11) is 0. The number of nitrogens with two attached hydrogens (primary N) is 1. The third kappa shape index (κ3) is 3.50. The van der Waals surface area contributed by atoms with Crippen molar-refractivity contribution in [1.82, 2.24) is 4.98 Å². The number of ether oxygens (including phenoxy) is 1. The van der Waals surface area contributed by atoms with E-state index < -0.39 is 0 Å². The SMILES string of the molecule is CCOc1ccc2[nH]c(=O)c(C[NH2+]C3CCCCC3)cc2c1. The number of aromatic amines is 1. The molecular weight excluding hydrogens is 276 g/mol. The second kappa shape index (κ2) is 6.97. The highest BCUT2D eigenvalue weighted by Crippen LogP contribution is 2.19. The van der Waals surface area contributed by atoms with Gasteiger partial charge < -0.3 is 15.0 Å². The molecule has 1 aliphatic rings. The van der Waals surface area contributed by atoms with Crippen molar-refractivity contribution in [2.24, 2.45) is 0 Å². The van der Waals surface area contributed by atoms with Gasteiger partial charge in [0, 0.05) is 10.9 Å². The normalized spacial score (nSPS) is 16.0. The van der Waals surface area contributed by atoms with Crippen molar-refractivity contribution in [2.45, 2.75) is 51.6 Å². The summed E-state index contributed by atoms with van der Waals surface area (Å²) in [6, 6.07) is 8.50. The van der Waals surface area contributed by atoms with Crippen LogP contribution >= 0.6 is 0 Å². The highest BCUT2D eigenvalue weighted by Gasteiger charge is 2.16. The number of rotatable bonds is 5. The molecule has 2 aromatic rings. The molecule has 1 fully saturated rings. The van der Waals surface area contributed by atoms with E-state index in [1.165, 1.54) is 32.1 Å². The number of benzene rings is 1. The Kier molecular flexibility index (Phi) is 4.78. The van der Waals surface area contributed by atoms with Gasteiger partial charge in [-0.3, -0.25) is 4.79 Å². The minimum atomic E-state index is 0.0312. The van der Waals surface area contributed by atoms with Crippen LogP contribution in [0.2, 0.25) is 0 Å². The zero-order valence-electron chi connectivity index (χ0n) is 13.2. The molecule has 4 nitrogen and oxygen atoms in total. The van der Waals surface area contributed by atoms with E-state index in [0.29, 0.717) is 12.6 Å². The first-order valence-electron chi connectivity index (χ1n) is 8.38. The van der Waals surface area contributed by atoms with E-state index in [4.69, 9.17) is 4.74 Å². The maximum atomic E-state index is 12.2. The number of aromatic nitrogens is 1. The van der Waals surface area contributed by atoms with Gasteiger partial charge in [0.05, 0.1) is 18.2 Å². The minimum Gasteiger partial charge on any atom is -0.494 e. The second-order valence-corrected chi connectivity index (χ2v) is 6.14. The van der Waals surface area contributed by atoms with Crippen molar-refractivity contribution in [3.63, 3.8) is 0 Å². The largest absolute Gasteiger partial charge is 0.494 e. The van der Waals surface area contributed by atoms with Crippen LogP contribution in [0.1, 0.15) is 44.6 Å². The molecule has 3 N–H and O–H groups in total.